The van der Waals surface area contributed by atoms with Gasteiger partial charge < -0.3 is 5.32 Å². The molecular formula is C16H21NS. The van der Waals surface area contributed by atoms with Crippen molar-refractivity contribution in [3.05, 3.63) is 56.8 Å². The standard InChI is InChI=1S/C16H21NS/c1-5-17-16(15-9-8-13(4)18-15)14-10-11(2)6-7-12(14)3/h6-10,16-17H,5H2,1-4H3. The summed E-state index contributed by atoms with van der Waals surface area (Å²) in [7, 11) is 0. The molecule has 1 heterocycles. The molecule has 96 valence electrons. The topological polar surface area (TPSA) is 12.0 Å². The first-order valence-corrected chi connectivity index (χ1v) is 7.30. The van der Waals surface area contributed by atoms with Gasteiger partial charge in [-0.05, 0) is 50.6 Å². The molecule has 0 aliphatic rings. The first kappa shape index (κ1) is 13.3. The Labute approximate surface area is 114 Å². The zero-order valence-electron chi connectivity index (χ0n) is 11.6. The van der Waals surface area contributed by atoms with E-state index in [-0.39, 0.29) is 0 Å². The van der Waals surface area contributed by atoms with Crippen LogP contribution in [-0.2, 0) is 0 Å². The van der Waals surface area contributed by atoms with E-state index in [0.717, 1.165) is 6.54 Å². The van der Waals surface area contributed by atoms with E-state index >= 15 is 0 Å². The Balaban J connectivity index is 2.44. The van der Waals surface area contributed by atoms with E-state index in [2.05, 4.69) is 63.3 Å². The number of nitrogens with one attached hydrogen (secondary N) is 1. The Kier molecular flexibility index (Phi) is 4.20. The molecule has 1 unspecified atom stereocenters. The summed E-state index contributed by atoms with van der Waals surface area (Å²) in [5.74, 6) is 0. The Morgan fingerprint density at radius 1 is 1.11 bits per heavy atom. The van der Waals surface area contributed by atoms with Crippen molar-refractivity contribution >= 4 is 11.3 Å². The number of thiophene rings is 1. The number of hydrogen-bond acceptors (Lipinski definition) is 2. The number of benzene rings is 1. The van der Waals surface area contributed by atoms with Crippen LogP contribution < -0.4 is 5.32 Å². The van der Waals surface area contributed by atoms with Gasteiger partial charge in [0.2, 0.25) is 0 Å². The molecule has 0 bridgehead atoms. The second-order valence-corrected chi connectivity index (χ2v) is 6.12. The molecule has 0 aliphatic heterocycles. The monoisotopic (exact) mass is 259 g/mol. The maximum Gasteiger partial charge on any atom is 0.0673 e. The lowest BCUT2D eigenvalue weighted by Gasteiger charge is -2.19. The lowest BCUT2D eigenvalue weighted by molar-refractivity contribution is 0.636. The molecule has 0 amide bonds. The third-order valence-corrected chi connectivity index (χ3v) is 4.27. The Hall–Kier alpha value is -1.12. The van der Waals surface area contributed by atoms with Crippen LogP contribution in [0.1, 0.15) is 39.4 Å². The predicted molar refractivity (Wildman–Crippen MR) is 80.5 cm³/mol. The maximum atomic E-state index is 3.61. The third kappa shape index (κ3) is 2.82. The highest BCUT2D eigenvalue weighted by Crippen LogP contribution is 2.30. The van der Waals surface area contributed by atoms with Crippen LogP contribution in [0.5, 0.6) is 0 Å². The van der Waals surface area contributed by atoms with E-state index in [1.54, 1.807) is 0 Å². The van der Waals surface area contributed by atoms with Crippen LogP contribution in [0.2, 0.25) is 0 Å². The van der Waals surface area contributed by atoms with Crippen LogP contribution in [0.4, 0.5) is 0 Å². The minimum atomic E-state index is 0.327. The van der Waals surface area contributed by atoms with Crippen molar-refractivity contribution < 1.29 is 0 Å². The van der Waals surface area contributed by atoms with Gasteiger partial charge in [0.1, 0.15) is 0 Å². The van der Waals surface area contributed by atoms with Gasteiger partial charge in [-0.2, -0.15) is 0 Å². The largest absolute Gasteiger partial charge is 0.306 e. The summed E-state index contributed by atoms with van der Waals surface area (Å²) in [5.41, 5.74) is 4.09. The molecule has 2 heteroatoms. The SMILES string of the molecule is CCNC(c1ccc(C)s1)c1cc(C)ccc1C. The van der Waals surface area contributed by atoms with Gasteiger partial charge >= 0.3 is 0 Å². The second kappa shape index (κ2) is 5.68. The summed E-state index contributed by atoms with van der Waals surface area (Å²) in [6.45, 7) is 9.67. The molecule has 1 aromatic carbocycles. The van der Waals surface area contributed by atoms with Crippen molar-refractivity contribution in [3.63, 3.8) is 0 Å². The fourth-order valence-electron chi connectivity index (χ4n) is 2.25. The van der Waals surface area contributed by atoms with Crippen LogP contribution in [0.15, 0.2) is 30.3 Å². The molecule has 1 atom stereocenters. The highest BCUT2D eigenvalue weighted by molar-refractivity contribution is 7.12. The minimum Gasteiger partial charge on any atom is -0.306 e. The Morgan fingerprint density at radius 2 is 1.89 bits per heavy atom. The molecule has 0 saturated heterocycles. The Bertz CT molecular complexity index is 528. The normalized spacial score (nSPS) is 12.7. The third-order valence-electron chi connectivity index (χ3n) is 3.20. The summed E-state index contributed by atoms with van der Waals surface area (Å²) in [5, 5.41) is 3.61. The summed E-state index contributed by atoms with van der Waals surface area (Å²) in [4.78, 5) is 2.78. The average molecular weight is 259 g/mol. The van der Waals surface area contributed by atoms with Gasteiger partial charge in [0.05, 0.1) is 6.04 Å². The second-order valence-electron chi connectivity index (χ2n) is 4.80. The van der Waals surface area contributed by atoms with Gasteiger partial charge in [-0.15, -0.1) is 11.3 Å². The van der Waals surface area contributed by atoms with Gasteiger partial charge in [-0.25, -0.2) is 0 Å². The van der Waals surface area contributed by atoms with Crippen LogP contribution in [0.25, 0.3) is 0 Å². The molecule has 1 nitrogen and oxygen atoms in total. The van der Waals surface area contributed by atoms with E-state index in [4.69, 9.17) is 0 Å². The molecule has 1 N–H and O–H groups in total. The lowest BCUT2D eigenvalue weighted by Crippen LogP contribution is -2.22. The molecule has 0 spiro atoms. The summed E-state index contributed by atoms with van der Waals surface area (Å²) < 4.78 is 0. The van der Waals surface area contributed by atoms with Gasteiger partial charge in [0, 0.05) is 9.75 Å². The Morgan fingerprint density at radius 3 is 2.50 bits per heavy atom. The maximum absolute atomic E-state index is 3.61. The van der Waals surface area contributed by atoms with E-state index in [1.165, 1.54) is 26.4 Å². The molecule has 2 rings (SSSR count). The van der Waals surface area contributed by atoms with Gasteiger partial charge in [0.15, 0.2) is 0 Å². The summed E-state index contributed by atoms with van der Waals surface area (Å²) in [6.07, 6.45) is 0. The number of rotatable bonds is 4. The van der Waals surface area contributed by atoms with Crippen LogP contribution in [0.3, 0.4) is 0 Å². The average Bonchev–Trinajstić information content (AvgIpc) is 2.76. The summed E-state index contributed by atoms with van der Waals surface area (Å²) in [6, 6.07) is 11.5. The van der Waals surface area contributed by atoms with Crippen LogP contribution in [-0.4, -0.2) is 6.54 Å². The van der Waals surface area contributed by atoms with Crippen molar-refractivity contribution in [3.8, 4) is 0 Å². The zero-order chi connectivity index (χ0) is 13.1. The van der Waals surface area contributed by atoms with E-state index < -0.39 is 0 Å². The van der Waals surface area contributed by atoms with Gasteiger partial charge in [-0.1, -0.05) is 30.7 Å². The quantitative estimate of drug-likeness (QED) is 0.859. The van der Waals surface area contributed by atoms with Crippen molar-refractivity contribution in [1.82, 2.24) is 5.32 Å². The molecular weight excluding hydrogens is 238 g/mol. The number of hydrogen-bond donors (Lipinski definition) is 1. The lowest BCUT2D eigenvalue weighted by atomic mass is 9.98. The number of aryl methyl sites for hydroxylation is 3. The molecule has 0 saturated carbocycles. The zero-order valence-corrected chi connectivity index (χ0v) is 12.4. The van der Waals surface area contributed by atoms with E-state index in [9.17, 15) is 0 Å². The van der Waals surface area contributed by atoms with Gasteiger partial charge in [-0.3, -0.25) is 0 Å². The predicted octanol–water partition coefficient (Wildman–Crippen LogP) is 4.37. The smallest absolute Gasteiger partial charge is 0.0673 e. The summed E-state index contributed by atoms with van der Waals surface area (Å²) >= 11 is 1.88. The molecule has 18 heavy (non-hydrogen) atoms. The molecule has 0 radical (unpaired) electrons. The minimum absolute atomic E-state index is 0.327. The van der Waals surface area contributed by atoms with Crippen molar-refractivity contribution in [1.29, 1.82) is 0 Å². The molecule has 2 aromatic rings. The van der Waals surface area contributed by atoms with Crippen LogP contribution in [0, 0.1) is 20.8 Å². The fraction of sp³-hybridized carbons (Fsp3) is 0.375. The van der Waals surface area contributed by atoms with Crippen LogP contribution >= 0.6 is 11.3 Å². The van der Waals surface area contributed by atoms with E-state index in [1.807, 2.05) is 11.3 Å². The first-order chi connectivity index (χ1) is 8.61. The van der Waals surface area contributed by atoms with Crippen molar-refractivity contribution in [2.45, 2.75) is 33.7 Å². The molecule has 1 aromatic heterocycles. The first-order valence-electron chi connectivity index (χ1n) is 6.48. The fourth-order valence-corrected chi connectivity index (χ4v) is 3.22. The van der Waals surface area contributed by atoms with E-state index in [0.29, 0.717) is 6.04 Å². The van der Waals surface area contributed by atoms with Gasteiger partial charge in [0.25, 0.3) is 0 Å². The van der Waals surface area contributed by atoms with Crippen molar-refractivity contribution in [2.75, 3.05) is 6.54 Å². The molecule has 0 fully saturated rings. The molecule has 0 aliphatic carbocycles. The highest BCUT2D eigenvalue weighted by Gasteiger charge is 2.16. The highest BCUT2D eigenvalue weighted by atomic mass is 32.1. The van der Waals surface area contributed by atoms with Crippen molar-refractivity contribution in [2.24, 2.45) is 0 Å².